The van der Waals surface area contributed by atoms with Crippen molar-refractivity contribution in [1.82, 2.24) is 5.32 Å². The summed E-state index contributed by atoms with van der Waals surface area (Å²) in [5, 5.41) is 3.17. The molecule has 0 heterocycles. The Balaban J connectivity index is 2.73. The molecule has 0 bridgehead atoms. The van der Waals surface area contributed by atoms with Gasteiger partial charge in [-0.1, -0.05) is 32.9 Å². The molecule has 19 heavy (non-hydrogen) atoms. The van der Waals surface area contributed by atoms with Crippen LogP contribution in [0.1, 0.15) is 26.3 Å². The van der Waals surface area contributed by atoms with E-state index in [1.165, 1.54) is 12.1 Å². The van der Waals surface area contributed by atoms with Gasteiger partial charge in [0, 0.05) is 12.0 Å². The summed E-state index contributed by atoms with van der Waals surface area (Å²) in [5.41, 5.74) is -0.955. The molecule has 0 spiro atoms. The van der Waals surface area contributed by atoms with Gasteiger partial charge in [0.2, 0.25) is 0 Å². The van der Waals surface area contributed by atoms with Gasteiger partial charge in [-0.05, 0) is 18.7 Å². The first-order valence-electron chi connectivity index (χ1n) is 6.26. The van der Waals surface area contributed by atoms with Crippen LogP contribution >= 0.6 is 0 Å². The molecule has 0 saturated heterocycles. The lowest BCUT2D eigenvalue weighted by atomic mass is 9.95. The molecule has 1 N–H and O–H groups in total. The molecule has 0 atom stereocenters. The summed E-state index contributed by atoms with van der Waals surface area (Å²) >= 11 is 0. The second kappa shape index (κ2) is 6.28. The molecule has 0 saturated carbocycles. The normalized spacial score (nSPS) is 12.5. The fourth-order valence-corrected chi connectivity index (χ4v) is 1.61. The highest BCUT2D eigenvalue weighted by Crippen LogP contribution is 2.36. The minimum Gasteiger partial charge on any atom is -0.492 e. The highest BCUT2D eigenvalue weighted by Gasteiger charge is 2.34. The standard InChI is InChI=1S/C14H20F3NO/c1-4-18-9-13(2,3)10-19-12-8-6-5-7-11(12)14(15,16)17/h5-8,18H,4,9-10H2,1-3H3. The van der Waals surface area contributed by atoms with Gasteiger partial charge in [0.25, 0.3) is 0 Å². The molecule has 1 rings (SSSR count). The largest absolute Gasteiger partial charge is 0.492 e. The van der Waals surface area contributed by atoms with Crippen LogP contribution in [0.25, 0.3) is 0 Å². The maximum Gasteiger partial charge on any atom is 0.419 e. The molecule has 0 aromatic heterocycles. The molecular weight excluding hydrogens is 255 g/mol. The highest BCUT2D eigenvalue weighted by atomic mass is 19.4. The molecule has 0 fully saturated rings. The van der Waals surface area contributed by atoms with E-state index in [4.69, 9.17) is 4.74 Å². The van der Waals surface area contributed by atoms with Crippen LogP contribution in [0.5, 0.6) is 5.75 Å². The lowest BCUT2D eigenvalue weighted by Crippen LogP contribution is -2.34. The third-order valence-corrected chi connectivity index (χ3v) is 2.66. The van der Waals surface area contributed by atoms with Crippen molar-refractivity contribution in [3.05, 3.63) is 29.8 Å². The van der Waals surface area contributed by atoms with Crippen LogP contribution < -0.4 is 10.1 Å². The molecule has 0 amide bonds. The van der Waals surface area contributed by atoms with Gasteiger partial charge in [0.15, 0.2) is 0 Å². The monoisotopic (exact) mass is 275 g/mol. The SMILES string of the molecule is CCNCC(C)(C)COc1ccccc1C(F)(F)F. The van der Waals surface area contributed by atoms with Gasteiger partial charge in [0.05, 0.1) is 12.2 Å². The van der Waals surface area contributed by atoms with Gasteiger partial charge < -0.3 is 10.1 Å². The zero-order chi connectivity index (χ0) is 14.5. The number of hydrogen-bond donors (Lipinski definition) is 1. The van der Waals surface area contributed by atoms with E-state index in [0.717, 1.165) is 12.6 Å². The molecule has 1 aromatic carbocycles. The summed E-state index contributed by atoms with van der Waals surface area (Å²) in [6, 6.07) is 5.29. The van der Waals surface area contributed by atoms with E-state index in [1.807, 2.05) is 20.8 Å². The van der Waals surface area contributed by atoms with Crippen LogP contribution in [-0.4, -0.2) is 19.7 Å². The second-order valence-electron chi connectivity index (χ2n) is 5.23. The number of nitrogens with one attached hydrogen (secondary N) is 1. The molecule has 0 aliphatic heterocycles. The Morgan fingerprint density at radius 2 is 1.79 bits per heavy atom. The van der Waals surface area contributed by atoms with Crippen molar-refractivity contribution in [3.8, 4) is 5.75 Å². The van der Waals surface area contributed by atoms with Crippen molar-refractivity contribution in [2.24, 2.45) is 5.41 Å². The minimum atomic E-state index is -4.39. The van der Waals surface area contributed by atoms with E-state index < -0.39 is 11.7 Å². The van der Waals surface area contributed by atoms with Crippen molar-refractivity contribution in [3.63, 3.8) is 0 Å². The molecule has 0 radical (unpaired) electrons. The third-order valence-electron chi connectivity index (χ3n) is 2.66. The number of rotatable bonds is 6. The lowest BCUT2D eigenvalue weighted by molar-refractivity contribution is -0.139. The average molecular weight is 275 g/mol. The Kier molecular flexibility index (Phi) is 5.23. The maximum absolute atomic E-state index is 12.8. The summed E-state index contributed by atoms with van der Waals surface area (Å²) < 4.78 is 43.7. The van der Waals surface area contributed by atoms with Gasteiger partial charge in [-0.3, -0.25) is 0 Å². The Hall–Kier alpha value is -1.23. The molecule has 0 unspecified atom stereocenters. The summed E-state index contributed by atoms with van der Waals surface area (Å²) in [5.74, 6) is -0.112. The van der Waals surface area contributed by atoms with E-state index in [2.05, 4.69) is 5.32 Å². The quantitative estimate of drug-likeness (QED) is 0.854. The predicted molar refractivity (Wildman–Crippen MR) is 69.3 cm³/mol. The number of benzene rings is 1. The molecule has 0 aliphatic rings. The average Bonchev–Trinajstić information content (AvgIpc) is 2.33. The minimum absolute atomic E-state index is 0.112. The summed E-state index contributed by atoms with van der Waals surface area (Å²) in [6.45, 7) is 7.63. The van der Waals surface area contributed by atoms with Gasteiger partial charge in [-0.2, -0.15) is 13.2 Å². The number of para-hydroxylation sites is 1. The maximum atomic E-state index is 12.8. The molecular formula is C14H20F3NO. The van der Waals surface area contributed by atoms with E-state index >= 15 is 0 Å². The first kappa shape index (κ1) is 15.8. The fourth-order valence-electron chi connectivity index (χ4n) is 1.61. The Labute approximate surface area is 112 Å². The van der Waals surface area contributed by atoms with Crippen LogP contribution in [-0.2, 0) is 6.18 Å². The van der Waals surface area contributed by atoms with E-state index in [9.17, 15) is 13.2 Å². The van der Waals surface area contributed by atoms with Crippen LogP contribution in [0.15, 0.2) is 24.3 Å². The third kappa shape index (κ3) is 5.11. The Bertz CT molecular complexity index is 402. The van der Waals surface area contributed by atoms with Crippen molar-refractivity contribution < 1.29 is 17.9 Å². The van der Waals surface area contributed by atoms with E-state index in [1.54, 1.807) is 6.07 Å². The lowest BCUT2D eigenvalue weighted by Gasteiger charge is -2.25. The first-order valence-corrected chi connectivity index (χ1v) is 6.26. The van der Waals surface area contributed by atoms with Crippen molar-refractivity contribution in [1.29, 1.82) is 0 Å². The molecule has 108 valence electrons. The number of hydrogen-bond acceptors (Lipinski definition) is 2. The fraction of sp³-hybridized carbons (Fsp3) is 0.571. The second-order valence-corrected chi connectivity index (χ2v) is 5.23. The highest BCUT2D eigenvalue weighted by molar-refractivity contribution is 5.35. The van der Waals surface area contributed by atoms with Gasteiger partial charge in [-0.15, -0.1) is 0 Å². The van der Waals surface area contributed by atoms with Gasteiger partial charge in [0.1, 0.15) is 5.75 Å². The topological polar surface area (TPSA) is 21.3 Å². The zero-order valence-corrected chi connectivity index (χ0v) is 11.5. The van der Waals surface area contributed by atoms with Gasteiger partial charge >= 0.3 is 6.18 Å². The summed E-state index contributed by atoms with van der Waals surface area (Å²) in [4.78, 5) is 0. The smallest absolute Gasteiger partial charge is 0.419 e. The van der Waals surface area contributed by atoms with Gasteiger partial charge in [-0.25, -0.2) is 0 Å². The van der Waals surface area contributed by atoms with Crippen LogP contribution in [0, 0.1) is 5.41 Å². The zero-order valence-electron chi connectivity index (χ0n) is 11.5. The summed E-state index contributed by atoms with van der Waals surface area (Å²) in [6.07, 6.45) is -4.39. The van der Waals surface area contributed by atoms with Crippen molar-refractivity contribution in [2.45, 2.75) is 26.9 Å². The predicted octanol–water partition coefficient (Wildman–Crippen LogP) is 3.72. The molecule has 2 nitrogen and oxygen atoms in total. The first-order chi connectivity index (χ1) is 8.76. The van der Waals surface area contributed by atoms with E-state index in [-0.39, 0.29) is 17.8 Å². The van der Waals surface area contributed by atoms with E-state index in [0.29, 0.717) is 6.54 Å². The van der Waals surface area contributed by atoms with Crippen LogP contribution in [0.2, 0.25) is 0 Å². The Morgan fingerprint density at radius 3 is 2.37 bits per heavy atom. The molecule has 5 heteroatoms. The number of ether oxygens (including phenoxy) is 1. The Morgan fingerprint density at radius 1 is 1.16 bits per heavy atom. The van der Waals surface area contributed by atoms with Crippen LogP contribution in [0.4, 0.5) is 13.2 Å². The number of halogens is 3. The van der Waals surface area contributed by atoms with Crippen molar-refractivity contribution >= 4 is 0 Å². The van der Waals surface area contributed by atoms with Crippen molar-refractivity contribution in [2.75, 3.05) is 19.7 Å². The number of alkyl halides is 3. The van der Waals surface area contributed by atoms with Crippen LogP contribution in [0.3, 0.4) is 0 Å². The summed E-state index contributed by atoms with van der Waals surface area (Å²) in [7, 11) is 0. The molecule has 0 aliphatic carbocycles. The molecule has 1 aromatic rings.